The zero-order valence-corrected chi connectivity index (χ0v) is 16.8. The summed E-state index contributed by atoms with van der Waals surface area (Å²) in [6.07, 6.45) is 7.22. The van der Waals surface area contributed by atoms with Crippen molar-refractivity contribution in [3.8, 4) is 0 Å². The van der Waals surface area contributed by atoms with E-state index in [9.17, 15) is 9.59 Å². The van der Waals surface area contributed by atoms with Gasteiger partial charge in [-0.05, 0) is 30.2 Å². The molecule has 9 nitrogen and oxygen atoms in total. The van der Waals surface area contributed by atoms with Crippen LogP contribution in [0.25, 0.3) is 5.65 Å². The molecule has 9 heteroatoms. The van der Waals surface area contributed by atoms with E-state index in [2.05, 4.69) is 20.4 Å². The molecule has 0 saturated carbocycles. The second-order valence-corrected chi connectivity index (χ2v) is 8.00. The third kappa shape index (κ3) is 2.34. The minimum atomic E-state index is -0.885. The summed E-state index contributed by atoms with van der Waals surface area (Å²) in [4.78, 5) is 37.6. The van der Waals surface area contributed by atoms with E-state index in [0.29, 0.717) is 30.0 Å². The highest BCUT2D eigenvalue weighted by Crippen LogP contribution is 2.54. The number of nitrogens with zero attached hydrogens (tertiary/aromatic N) is 6. The third-order valence-electron chi connectivity index (χ3n) is 6.48. The first-order chi connectivity index (χ1) is 15.1. The molecule has 1 aromatic carbocycles. The van der Waals surface area contributed by atoms with E-state index < -0.39 is 11.5 Å². The molecule has 6 rings (SSSR count). The van der Waals surface area contributed by atoms with Crippen LogP contribution < -0.4 is 5.32 Å². The molecule has 1 fully saturated rings. The van der Waals surface area contributed by atoms with Crippen molar-refractivity contribution in [3.05, 3.63) is 78.3 Å². The number of para-hydroxylation sites is 1. The van der Waals surface area contributed by atoms with E-state index in [-0.39, 0.29) is 11.8 Å². The maximum absolute atomic E-state index is 13.7. The molecule has 2 aliphatic rings. The molecule has 2 aliphatic heterocycles. The number of carbonyl (C=O) groups excluding carboxylic acids is 2. The molecule has 2 amide bonds. The fourth-order valence-electron chi connectivity index (χ4n) is 5.02. The minimum absolute atomic E-state index is 0.0927. The molecule has 1 N–H and O–H groups in total. The SMILES string of the molecule is Cn1ccnc1[C@@H]1N(C(=O)c2ccn3ncnc3c2)CC[C@]12C(=O)Nc1ccccc12. The van der Waals surface area contributed by atoms with Crippen molar-refractivity contribution in [1.29, 1.82) is 0 Å². The normalized spacial score (nSPS) is 22.3. The van der Waals surface area contributed by atoms with E-state index >= 15 is 0 Å². The van der Waals surface area contributed by atoms with Crippen LogP contribution in [0.2, 0.25) is 0 Å². The Labute approximate surface area is 177 Å². The maximum atomic E-state index is 13.7. The predicted molar refractivity (Wildman–Crippen MR) is 111 cm³/mol. The molecule has 1 saturated heterocycles. The monoisotopic (exact) mass is 413 g/mol. The first kappa shape index (κ1) is 17.8. The number of nitrogens with one attached hydrogen (secondary N) is 1. The Morgan fingerprint density at radius 3 is 2.90 bits per heavy atom. The number of pyridine rings is 1. The maximum Gasteiger partial charge on any atom is 0.254 e. The molecule has 1 spiro atoms. The summed E-state index contributed by atoms with van der Waals surface area (Å²) in [5.74, 6) is 0.429. The zero-order chi connectivity index (χ0) is 21.2. The Morgan fingerprint density at radius 2 is 2.06 bits per heavy atom. The van der Waals surface area contributed by atoms with Crippen LogP contribution >= 0.6 is 0 Å². The summed E-state index contributed by atoms with van der Waals surface area (Å²) >= 11 is 0. The number of imidazole rings is 1. The van der Waals surface area contributed by atoms with Crippen molar-refractivity contribution in [2.24, 2.45) is 7.05 Å². The number of amides is 2. The smallest absolute Gasteiger partial charge is 0.254 e. The Hall–Kier alpha value is -4.01. The van der Waals surface area contributed by atoms with E-state index in [4.69, 9.17) is 0 Å². The van der Waals surface area contributed by atoms with Crippen LogP contribution in [0.15, 0.2) is 61.3 Å². The van der Waals surface area contributed by atoms with Gasteiger partial charge in [0.05, 0.1) is 0 Å². The summed E-state index contributed by atoms with van der Waals surface area (Å²) in [7, 11) is 1.89. The van der Waals surface area contributed by atoms with Crippen LogP contribution in [0.3, 0.4) is 0 Å². The minimum Gasteiger partial charge on any atom is -0.336 e. The third-order valence-corrected chi connectivity index (χ3v) is 6.48. The quantitative estimate of drug-likeness (QED) is 0.542. The summed E-state index contributed by atoms with van der Waals surface area (Å²) in [5.41, 5.74) is 1.92. The van der Waals surface area contributed by atoms with E-state index in [0.717, 1.165) is 11.3 Å². The lowest BCUT2D eigenvalue weighted by Gasteiger charge is -2.33. The largest absolute Gasteiger partial charge is 0.336 e. The molecule has 0 radical (unpaired) electrons. The number of aromatic nitrogens is 5. The average Bonchev–Trinajstić information content (AvgIpc) is 3.54. The van der Waals surface area contributed by atoms with Crippen molar-refractivity contribution in [3.63, 3.8) is 0 Å². The first-order valence-corrected chi connectivity index (χ1v) is 10.1. The summed E-state index contributed by atoms with van der Waals surface area (Å²) in [6.45, 7) is 0.440. The number of likely N-dealkylation sites (tertiary alicyclic amines) is 1. The lowest BCUT2D eigenvalue weighted by molar-refractivity contribution is -0.121. The predicted octanol–water partition coefficient (Wildman–Crippen LogP) is 1.94. The molecular weight excluding hydrogens is 394 g/mol. The van der Waals surface area contributed by atoms with Gasteiger partial charge in [0, 0.05) is 43.4 Å². The van der Waals surface area contributed by atoms with E-state index in [1.165, 1.54) is 6.33 Å². The molecule has 2 atom stereocenters. The molecule has 4 aromatic rings. The van der Waals surface area contributed by atoms with Crippen molar-refractivity contribution in [2.45, 2.75) is 17.9 Å². The van der Waals surface area contributed by atoms with Crippen LogP contribution in [0, 0.1) is 0 Å². The van der Waals surface area contributed by atoms with Gasteiger partial charge in [0.25, 0.3) is 5.91 Å². The van der Waals surface area contributed by atoms with Gasteiger partial charge in [-0.25, -0.2) is 14.5 Å². The number of rotatable bonds is 2. The number of hydrogen-bond donors (Lipinski definition) is 1. The number of aryl methyl sites for hydroxylation is 1. The van der Waals surface area contributed by atoms with Crippen molar-refractivity contribution in [1.82, 2.24) is 29.0 Å². The number of fused-ring (bicyclic) bond motifs is 3. The highest BCUT2D eigenvalue weighted by Gasteiger charge is 2.60. The lowest BCUT2D eigenvalue weighted by Crippen LogP contribution is -2.43. The number of anilines is 1. The molecule has 0 bridgehead atoms. The average molecular weight is 413 g/mol. The second-order valence-electron chi connectivity index (χ2n) is 8.00. The topological polar surface area (TPSA) is 97.4 Å². The van der Waals surface area contributed by atoms with Gasteiger partial charge in [-0.3, -0.25) is 9.59 Å². The summed E-state index contributed by atoms with van der Waals surface area (Å²) in [5, 5.41) is 7.12. The molecule has 3 aromatic heterocycles. The van der Waals surface area contributed by atoms with Gasteiger partial charge in [0.1, 0.15) is 23.6 Å². The van der Waals surface area contributed by atoms with Crippen molar-refractivity contribution < 1.29 is 9.59 Å². The molecule has 154 valence electrons. The number of carbonyl (C=O) groups is 2. The number of benzene rings is 1. The molecule has 31 heavy (non-hydrogen) atoms. The van der Waals surface area contributed by atoms with Gasteiger partial charge < -0.3 is 14.8 Å². The van der Waals surface area contributed by atoms with Crippen molar-refractivity contribution >= 4 is 23.1 Å². The van der Waals surface area contributed by atoms with Gasteiger partial charge in [-0.2, -0.15) is 5.10 Å². The Balaban J connectivity index is 1.51. The Kier molecular flexibility index (Phi) is 3.59. The lowest BCUT2D eigenvalue weighted by atomic mass is 9.74. The van der Waals surface area contributed by atoms with Gasteiger partial charge in [0.15, 0.2) is 5.65 Å². The molecule has 0 aliphatic carbocycles. The zero-order valence-electron chi connectivity index (χ0n) is 16.8. The fraction of sp³-hybridized carbons (Fsp3) is 0.227. The summed E-state index contributed by atoms with van der Waals surface area (Å²) < 4.78 is 3.49. The summed E-state index contributed by atoms with van der Waals surface area (Å²) in [6, 6.07) is 10.6. The van der Waals surface area contributed by atoms with Gasteiger partial charge >= 0.3 is 0 Å². The first-order valence-electron chi connectivity index (χ1n) is 10.1. The Morgan fingerprint density at radius 1 is 1.19 bits per heavy atom. The van der Waals surface area contributed by atoms with E-state index in [1.807, 2.05) is 42.1 Å². The van der Waals surface area contributed by atoms with E-state index in [1.54, 1.807) is 33.9 Å². The highest BCUT2D eigenvalue weighted by atomic mass is 16.2. The van der Waals surface area contributed by atoms with Gasteiger partial charge in [-0.1, -0.05) is 18.2 Å². The van der Waals surface area contributed by atoms with Crippen LogP contribution in [0.1, 0.15) is 34.2 Å². The highest BCUT2D eigenvalue weighted by molar-refractivity contribution is 6.08. The van der Waals surface area contributed by atoms with Crippen molar-refractivity contribution in [2.75, 3.05) is 11.9 Å². The standard InChI is InChI=1S/C22H19N7O2/c1-27-11-8-23-19(27)18-22(15-4-2-3-5-16(15)26-21(22)31)7-10-28(18)20(30)14-6-9-29-17(12-14)24-13-25-29/h2-6,8-9,11-13,18H,7,10H2,1H3,(H,26,31)/t18-,22+/m0/s1. The van der Waals surface area contributed by atoms with Gasteiger partial charge in [0.2, 0.25) is 5.91 Å². The fourth-order valence-corrected chi connectivity index (χ4v) is 5.02. The van der Waals surface area contributed by atoms with Gasteiger partial charge in [-0.15, -0.1) is 0 Å². The van der Waals surface area contributed by atoms with Crippen LogP contribution in [0.4, 0.5) is 5.69 Å². The Bertz CT molecular complexity index is 1360. The number of hydrogen-bond acceptors (Lipinski definition) is 5. The second kappa shape index (κ2) is 6.24. The van der Waals surface area contributed by atoms with Crippen LogP contribution in [0.5, 0.6) is 0 Å². The molecular formula is C22H19N7O2. The van der Waals surface area contributed by atoms with Crippen LogP contribution in [-0.2, 0) is 17.3 Å². The molecule has 5 heterocycles. The van der Waals surface area contributed by atoms with Crippen LogP contribution in [-0.4, -0.2) is 47.4 Å². The molecule has 0 unspecified atom stereocenters.